The van der Waals surface area contributed by atoms with Crippen molar-refractivity contribution in [1.29, 1.82) is 0 Å². The minimum Gasteiger partial charge on any atom is -0.394 e. The van der Waals surface area contributed by atoms with Crippen LogP contribution in [0.1, 0.15) is 44.5 Å². The standard InChI is InChI=1S/3C12H16N2O2.C11H13ClN2O2.C11H13N3O4/c1-9-3-5-10(6-4-9)7-14-11(8-15)12(16)13-2;1-9-4-3-5-10(6-9)7-14-11(8-15)12(16)13-2;1-9-5-3-4-6-10(9)7-14-11(8-15)12(16)13-2;1-13-11(16)10(7-15)14-6-8-2-4-9(12)5-3-8;1-12-11(16)9(7-15)13-6-8-4-2-3-5-10(8)14(17)18/h3*3-7,11,15H,8H2,1-2H3,(H,13,16);2-6,10,15H,7H2,1H3,(H,13,16);2-6,9,15H,7H2,1H3,(H,12,16)/t3*11-;10-;9-/m00000/s1. The number of para-hydroxylation sites is 1. The number of nitrogens with one attached hydrogen (secondary N) is 5. The highest BCUT2D eigenvalue weighted by Crippen LogP contribution is 2.16. The van der Waals surface area contributed by atoms with Crippen LogP contribution in [0.2, 0.25) is 5.02 Å². The van der Waals surface area contributed by atoms with Gasteiger partial charge in [-0.25, -0.2) is 0 Å². The Morgan fingerprint density at radius 1 is 0.451 bits per heavy atom. The quantitative estimate of drug-likeness (QED) is 0.0288. The fraction of sp³-hybridized carbons (Fsp3) is 0.310. The molecule has 23 nitrogen and oxygen atoms in total. The second-order valence-corrected chi connectivity index (χ2v) is 17.4. The van der Waals surface area contributed by atoms with Crippen LogP contribution in [0.4, 0.5) is 5.69 Å². The van der Waals surface area contributed by atoms with Crippen molar-refractivity contribution >= 4 is 77.9 Å². The first-order valence-corrected chi connectivity index (χ1v) is 25.6. The Labute approximate surface area is 482 Å². The van der Waals surface area contributed by atoms with E-state index in [1.807, 2.05) is 93.6 Å². The Morgan fingerprint density at radius 3 is 1.16 bits per heavy atom. The first kappa shape index (κ1) is 71.3. The number of nitro benzene ring substituents is 1. The molecule has 0 saturated carbocycles. The van der Waals surface area contributed by atoms with Crippen LogP contribution in [0, 0.1) is 30.9 Å². The fourth-order valence-electron chi connectivity index (χ4n) is 6.14. The summed E-state index contributed by atoms with van der Waals surface area (Å²) < 4.78 is 0. The molecular formula is C58H74ClN11O12. The smallest absolute Gasteiger partial charge is 0.278 e. The van der Waals surface area contributed by atoms with E-state index in [0.717, 1.165) is 33.4 Å². The first-order valence-electron chi connectivity index (χ1n) is 25.3. The first-order chi connectivity index (χ1) is 39.3. The van der Waals surface area contributed by atoms with Gasteiger partial charge in [0.05, 0.1) is 43.5 Å². The molecule has 0 aliphatic carbocycles. The van der Waals surface area contributed by atoms with Crippen molar-refractivity contribution in [2.75, 3.05) is 68.3 Å². The van der Waals surface area contributed by atoms with Crippen LogP contribution in [0.25, 0.3) is 0 Å². The number of hydrogen-bond donors (Lipinski definition) is 10. The monoisotopic (exact) mass is 1150 g/mol. The van der Waals surface area contributed by atoms with Crippen LogP contribution in [-0.2, 0) is 24.0 Å². The number of amides is 5. The third kappa shape index (κ3) is 27.9. The maximum absolute atomic E-state index is 11.3. The van der Waals surface area contributed by atoms with E-state index < -0.39 is 47.6 Å². The number of carbonyl (C=O) groups is 5. The van der Waals surface area contributed by atoms with Crippen LogP contribution < -0.4 is 26.6 Å². The van der Waals surface area contributed by atoms with Crippen molar-refractivity contribution in [3.63, 3.8) is 0 Å². The van der Waals surface area contributed by atoms with Gasteiger partial charge in [-0.1, -0.05) is 120 Å². The van der Waals surface area contributed by atoms with E-state index in [1.54, 1.807) is 49.0 Å². The van der Waals surface area contributed by atoms with Crippen LogP contribution in [0.5, 0.6) is 0 Å². The number of nitro groups is 1. The number of hydrogen-bond acceptors (Lipinski definition) is 17. The summed E-state index contributed by atoms with van der Waals surface area (Å²) >= 11 is 5.73. The molecule has 10 N–H and O–H groups in total. The van der Waals surface area contributed by atoms with Crippen LogP contribution in [-0.4, -0.2) is 190 Å². The lowest BCUT2D eigenvalue weighted by molar-refractivity contribution is -0.385. The summed E-state index contributed by atoms with van der Waals surface area (Å²) in [7, 11) is 7.49. The molecule has 5 amide bonds. The van der Waals surface area contributed by atoms with E-state index in [0.29, 0.717) is 5.02 Å². The molecule has 5 aromatic rings. The predicted molar refractivity (Wildman–Crippen MR) is 321 cm³/mol. The highest BCUT2D eigenvalue weighted by atomic mass is 35.5. The zero-order valence-corrected chi connectivity index (χ0v) is 47.8. The zero-order chi connectivity index (χ0) is 61.4. The van der Waals surface area contributed by atoms with Crippen molar-refractivity contribution in [1.82, 2.24) is 26.6 Å². The lowest BCUT2D eigenvalue weighted by Crippen LogP contribution is -2.33. The summed E-state index contributed by atoms with van der Waals surface area (Å²) in [5.41, 5.74) is 7.16. The van der Waals surface area contributed by atoms with Crippen LogP contribution in [0.15, 0.2) is 146 Å². The minimum atomic E-state index is -0.963. The molecule has 5 atom stereocenters. The molecule has 0 aliphatic heterocycles. The number of carbonyl (C=O) groups excluding carboxylic acids is 5. The number of aryl methyl sites for hydroxylation is 3. The number of likely N-dealkylation sites (N-methyl/N-ethyl adjacent to an activating group) is 5. The summed E-state index contributed by atoms with van der Waals surface area (Å²) in [4.78, 5) is 86.4. The van der Waals surface area contributed by atoms with E-state index in [4.69, 9.17) is 37.1 Å². The van der Waals surface area contributed by atoms with E-state index in [2.05, 4.69) is 51.5 Å². The number of rotatable bonds is 21. The minimum absolute atomic E-state index is 0.102. The molecule has 0 saturated heterocycles. The number of aliphatic hydroxyl groups excluding tert-OH is 5. The largest absolute Gasteiger partial charge is 0.394 e. The maximum Gasteiger partial charge on any atom is 0.278 e. The van der Waals surface area contributed by atoms with Gasteiger partial charge in [-0.15, -0.1) is 0 Å². The van der Waals surface area contributed by atoms with Crippen molar-refractivity contribution in [3.8, 4) is 0 Å². The number of aliphatic hydroxyl groups is 5. The van der Waals surface area contributed by atoms with Gasteiger partial charge in [-0.2, -0.15) is 0 Å². The molecule has 24 heteroatoms. The van der Waals surface area contributed by atoms with Gasteiger partial charge in [-0.05, 0) is 66.8 Å². The topological polar surface area (TPSA) is 352 Å². The fourth-order valence-corrected chi connectivity index (χ4v) is 6.26. The summed E-state index contributed by atoms with van der Waals surface area (Å²) in [6, 6.07) is 32.4. The Hall–Kier alpha value is -8.71. The van der Waals surface area contributed by atoms with Crippen LogP contribution in [0.3, 0.4) is 0 Å². The molecular weight excluding hydrogens is 1080 g/mol. The van der Waals surface area contributed by atoms with Crippen molar-refractivity contribution in [2.45, 2.75) is 51.0 Å². The molecule has 82 heavy (non-hydrogen) atoms. The van der Waals surface area contributed by atoms with Gasteiger partial charge in [-0.3, -0.25) is 59.0 Å². The van der Waals surface area contributed by atoms with E-state index >= 15 is 0 Å². The zero-order valence-electron chi connectivity index (χ0n) is 47.0. The van der Waals surface area contributed by atoms with E-state index in [1.165, 1.54) is 71.4 Å². The third-order valence-electron chi connectivity index (χ3n) is 10.9. The second-order valence-electron chi connectivity index (χ2n) is 17.0. The SMILES string of the molecule is CNC(=O)[C@H](CO)N=Cc1ccc(C)cc1.CNC(=O)[C@H](CO)N=Cc1ccc(Cl)cc1.CNC(=O)[C@H](CO)N=Cc1cccc(C)c1.CNC(=O)[C@H](CO)N=Cc1ccccc1C.CNC(=O)[C@H](CO)N=Cc1ccccc1[N+](=O)[O-]. The molecule has 0 spiro atoms. The predicted octanol–water partition coefficient (Wildman–Crippen LogP) is 2.55. The number of halogens is 1. The summed E-state index contributed by atoms with van der Waals surface area (Å²) in [6.45, 7) is 4.31. The highest BCUT2D eigenvalue weighted by molar-refractivity contribution is 6.30. The number of aliphatic imine (C=N–C) groups is 5. The second kappa shape index (κ2) is 41.3. The molecule has 440 valence electrons. The molecule has 0 radical (unpaired) electrons. The molecule has 0 fully saturated rings. The lowest BCUT2D eigenvalue weighted by atomic mass is 10.1. The normalized spacial score (nSPS) is 12.6. The molecule has 5 rings (SSSR count). The summed E-state index contributed by atoms with van der Waals surface area (Å²) in [6.07, 6.45) is 7.56. The van der Waals surface area contributed by atoms with Gasteiger partial charge in [0.25, 0.3) is 5.69 Å². The average molecular weight is 1150 g/mol. The Bertz CT molecular complexity index is 2830. The molecule has 0 aromatic heterocycles. The van der Waals surface area contributed by atoms with Crippen molar-refractivity contribution in [3.05, 3.63) is 181 Å². The molecule has 0 heterocycles. The molecule has 5 aromatic carbocycles. The summed E-state index contributed by atoms with van der Waals surface area (Å²) in [5, 5.41) is 68.4. The maximum atomic E-state index is 11.3. The Morgan fingerprint density at radius 2 is 0.793 bits per heavy atom. The molecule has 0 bridgehead atoms. The average Bonchev–Trinajstić information content (AvgIpc) is 3.49. The summed E-state index contributed by atoms with van der Waals surface area (Å²) in [5.74, 6) is -1.62. The van der Waals surface area contributed by atoms with E-state index in [9.17, 15) is 34.1 Å². The van der Waals surface area contributed by atoms with Crippen molar-refractivity contribution < 1.29 is 54.4 Å². The Kier molecular flexibility index (Phi) is 35.9. The van der Waals surface area contributed by atoms with Gasteiger partial charge in [0.2, 0.25) is 29.5 Å². The number of benzene rings is 5. The van der Waals surface area contributed by atoms with Gasteiger partial charge in [0, 0.05) is 77.4 Å². The highest BCUT2D eigenvalue weighted by Gasteiger charge is 2.17. The Balaban J connectivity index is 0.000000513. The van der Waals surface area contributed by atoms with Gasteiger partial charge < -0.3 is 52.1 Å². The molecule has 0 aliphatic rings. The third-order valence-corrected chi connectivity index (χ3v) is 11.2. The van der Waals surface area contributed by atoms with Crippen LogP contribution >= 0.6 is 11.6 Å². The van der Waals surface area contributed by atoms with Gasteiger partial charge >= 0.3 is 0 Å². The van der Waals surface area contributed by atoms with Gasteiger partial charge in [0.1, 0.15) is 0 Å². The molecule has 0 unspecified atom stereocenters. The lowest BCUT2D eigenvalue weighted by Gasteiger charge is -2.07. The van der Waals surface area contributed by atoms with Gasteiger partial charge in [0.15, 0.2) is 30.2 Å². The number of nitrogens with zero attached hydrogens (tertiary/aromatic N) is 6. The van der Waals surface area contributed by atoms with E-state index in [-0.39, 0.29) is 61.3 Å². The van der Waals surface area contributed by atoms with Crippen molar-refractivity contribution in [2.24, 2.45) is 25.0 Å².